The summed E-state index contributed by atoms with van der Waals surface area (Å²) in [6, 6.07) is 3.05. The molecule has 0 bridgehead atoms. The zero-order valence-corrected chi connectivity index (χ0v) is 19.8. The molecule has 1 unspecified atom stereocenters. The number of aromatic nitrogens is 1. The number of ketones is 1. The van der Waals surface area contributed by atoms with E-state index in [0.29, 0.717) is 46.6 Å². The fraction of sp³-hybridized carbons (Fsp3) is 0.526. The zero-order chi connectivity index (χ0) is 21.7. The summed E-state index contributed by atoms with van der Waals surface area (Å²) in [7, 11) is -3.67. The minimum Gasteiger partial charge on any atom is -0.302 e. The Hall–Kier alpha value is -1.33. The molecule has 2 aliphatic rings. The fourth-order valence-corrected chi connectivity index (χ4v) is 8.00. The monoisotopic (exact) mass is 487 g/mol. The number of anilines is 1. The van der Waals surface area contributed by atoms with Crippen molar-refractivity contribution in [1.29, 1.82) is 0 Å². The summed E-state index contributed by atoms with van der Waals surface area (Å²) in [5.41, 5.74) is 0.599. The van der Waals surface area contributed by atoms with E-state index < -0.39 is 15.9 Å². The van der Waals surface area contributed by atoms with Gasteiger partial charge in [0.25, 0.3) is 10.0 Å². The first kappa shape index (κ1) is 21.9. The number of halogens is 1. The number of nitrogens with one attached hydrogen (secondary N) is 1. The number of rotatable bonds is 4. The molecule has 0 aromatic carbocycles. The lowest BCUT2D eigenvalue weighted by Crippen LogP contribution is -2.43. The van der Waals surface area contributed by atoms with Gasteiger partial charge >= 0.3 is 0 Å². The summed E-state index contributed by atoms with van der Waals surface area (Å²) in [6.07, 6.45) is 2.36. The average molecular weight is 488 g/mol. The Bertz CT molecular complexity index is 1110. The van der Waals surface area contributed by atoms with Crippen LogP contribution in [0.3, 0.4) is 0 Å². The van der Waals surface area contributed by atoms with Crippen molar-refractivity contribution < 1.29 is 18.0 Å². The molecule has 0 spiro atoms. The highest BCUT2D eigenvalue weighted by atomic mass is 35.5. The van der Waals surface area contributed by atoms with Crippen molar-refractivity contribution in [3.8, 4) is 0 Å². The van der Waals surface area contributed by atoms with E-state index in [0.717, 1.165) is 17.0 Å². The van der Waals surface area contributed by atoms with Crippen LogP contribution in [0.2, 0.25) is 4.34 Å². The van der Waals surface area contributed by atoms with Crippen LogP contribution in [0.15, 0.2) is 16.3 Å². The predicted molar refractivity (Wildman–Crippen MR) is 118 cm³/mol. The lowest BCUT2D eigenvalue weighted by Gasteiger charge is -2.30. The van der Waals surface area contributed by atoms with Crippen molar-refractivity contribution in [2.75, 3.05) is 18.4 Å². The van der Waals surface area contributed by atoms with Crippen LogP contribution in [0.25, 0.3) is 0 Å². The molecule has 1 N–H and O–H groups in total. The fourth-order valence-electron chi connectivity index (χ4n) is 3.92. The molecule has 7 nitrogen and oxygen atoms in total. The second kappa shape index (κ2) is 7.98. The van der Waals surface area contributed by atoms with Crippen molar-refractivity contribution in [3.05, 3.63) is 27.0 Å². The van der Waals surface area contributed by atoms with Gasteiger partial charge in [0.2, 0.25) is 5.91 Å². The summed E-state index contributed by atoms with van der Waals surface area (Å²) < 4.78 is 27.6. The Balaban J connectivity index is 1.46. The van der Waals surface area contributed by atoms with Gasteiger partial charge in [-0.2, -0.15) is 4.31 Å². The van der Waals surface area contributed by atoms with E-state index >= 15 is 0 Å². The summed E-state index contributed by atoms with van der Waals surface area (Å²) in [6.45, 7) is 4.55. The molecule has 11 heteroatoms. The quantitative estimate of drug-likeness (QED) is 0.701. The van der Waals surface area contributed by atoms with Gasteiger partial charge in [0.15, 0.2) is 10.9 Å². The lowest BCUT2D eigenvalue weighted by molar-refractivity contribution is -0.120. The SMILES string of the molecule is CC1(C)CC(=O)c2sc(NC(=O)C3CCCN(S(=O)(=O)c4ccc(Cl)s4)C3)nc2C1. The van der Waals surface area contributed by atoms with Crippen molar-refractivity contribution in [2.45, 2.75) is 43.7 Å². The summed E-state index contributed by atoms with van der Waals surface area (Å²) in [5.74, 6) is -0.683. The van der Waals surface area contributed by atoms with Gasteiger partial charge in [-0.15, -0.1) is 11.3 Å². The predicted octanol–water partition coefficient (Wildman–Crippen LogP) is 4.05. The molecule has 1 aliphatic heterocycles. The molecule has 1 amide bonds. The molecule has 4 rings (SSSR count). The molecule has 1 saturated heterocycles. The molecule has 2 aromatic rings. The van der Waals surface area contributed by atoms with Crippen LogP contribution in [0.5, 0.6) is 0 Å². The minimum absolute atomic E-state index is 0.0591. The van der Waals surface area contributed by atoms with Crippen molar-refractivity contribution in [3.63, 3.8) is 0 Å². The van der Waals surface area contributed by atoms with Crippen LogP contribution in [0, 0.1) is 11.3 Å². The van der Waals surface area contributed by atoms with Gasteiger partial charge in [-0.25, -0.2) is 13.4 Å². The Labute approximate surface area is 188 Å². The maximum atomic E-state index is 12.9. The van der Waals surface area contributed by atoms with Crippen LogP contribution in [-0.2, 0) is 21.2 Å². The molecule has 162 valence electrons. The molecule has 0 radical (unpaired) electrons. The van der Waals surface area contributed by atoms with E-state index in [1.165, 1.54) is 21.7 Å². The Morgan fingerprint density at radius 1 is 1.30 bits per heavy atom. The first-order valence-corrected chi connectivity index (χ1v) is 13.1. The Kier molecular flexibility index (Phi) is 5.82. The standard InChI is InChI=1S/C19H22ClN3O4S3/c1-19(2)8-12-16(13(24)9-19)29-18(21-12)22-17(25)11-4-3-7-23(10-11)30(26,27)15-6-5-14(20)28-15/h5-6,11H,3-4,7-10H2,1-2H3,(H,21,22,25). The maximum absolute atomic E-state index is 12.9. The van der Waals surface area contributed by atoms with E-state index in [9.17, 15) is 18.0 Å². The first-order valence-electron chi connectivity index (χ1n) is 9.64. The number of carbonyl (C=O) groups is 2. The van der Waals surface area contributed by atoms with E-state index in [2.05, 4.69) is 10.3 Å². The lowest BCUT2D eigenvalue weighted by atomic mass is 9.78. The molecule has 1 aliphatic carbocycles. The van der Waals surface area contributed by atoms with Crippen LogP contribution in [0.4, 0.5) is 5.13 Å². The Morgan fingerprint density at radius 3 is 2.77 bits per heavy atom. The minimum atomic E-state index is -3.67. The smallest absolute Gasteiger partial charge is 0.252 e. The second-order valence-corrected chi connectivity index (χ2v) is 13.4. The number of nitrogens with zero attached hydrogens (tertiary/aromatic N) is 2. The number of fused-ring (bicyclic) bond motifs is 1. The van der Waals surface area contributed by atoms with E-state index in [4.69, 9.17) is 11.6 Å². The molecule has 30 heavy (non-hydrogen) atoms. The van der Waals surface area contributed by atoms with Crippen LogP contribution < -0.4 is 5.32 Å². The van der Waals surface area contributed by atoms with E-state index in [1.54, 1.807) is 6.07 Å². The van der Waals surface area contributed by atoms with Gasteiger partial charge in [0.1, 0.15) is 4.21 Å². The number of sulfonamides is 1. The van der Waals surface area contributed by atoms with Crippen LogP contribution in [-0.4, -0.2) is 42.5 Å². The van der Waals surface area contributed by atoms with Crippen LogP contribution >= 0.6 is 34.3 Å². The van der Waals surface area contributed by atoms with Crippen molar-refractivity contribution in [2.24, 2.45) is 11.3 Å². The normalized spacial score (nSPS) is 22.0. The molecule has 0 saturated carbocycles. The van der Waals surface area contributed by atoms with Gasteiger partial charge in [0, 0.05) is 19.5 Å². The van der Waals surface area contributed by atoms with Gasteiger partial charge in [-0.05, 0) is 36.8 Å². The number of thiophene rings is 1. The zero-order valence-electron chi connectivity index (χ0n) is 16.6. The summed E-state index contributed by atoms with van der Waals surface area (Å²) in [4.78, 5) is 30.3. The highest BCUT2D eigenvalue weighted by Crippen LogP contribution is 2.38. The molecular formula is C19H22ClN3O4S3. The molecule has 1 atom stereocenters. The number of amides is 1. The number of thiazole rings is 1. The van der Waals surface area contributed by atoms with E-state index in [1.807, 2.05) is 13.8 Å². The average Bonchev–Trinajstić information content (AvgIpc) is 3.27. The van der Waals surface area contributed by atoms with Crippen molar-refractivity contribution in [1.82, 2.24) is 9.29 Å². The third kappa shape index (κ3) is 4.34. The second-order valence-electron chi connectivity index (χ2n) is 8.49. The summed E-state index contributed by atoms with van der Waals surface area (Å²) in [5, 5.41) is 3.21. The number of carbonyl (C=O) groups excluding carboxylic acids is 2. The number of hydrogen-bond acceptors (Lipinski definition) is 7. The maximum Gasteiger partial charge on any atom is 0.252 e. The highest BCUT2D eigenvalue weighted by Gasteiger charge is 2.36. The van der Waals surface area contributed by atoms with Crippen LogP contribution in [0.1, 0.15) is 48.5 Å². The largest absolute Gasteiger partial charge is 0.302 e. The molecular weight excluding hydrogens is 466 g/mol. The third-order valence-corrected chi connectivity index (χ3v) is 9.98. The molecule has 3 heterocycles. The number of hydrogen-bond donors (Lipinski definition) is 1. The van der Waals surface area contributed by atoms with Gasteiger partial charge < -0.3 is 5.32 Å². The van der Waals surface area contributed by atoms with Gasteiger partial charge in [-0.1, -0.05) is 36.8 Å². The first-order chi connectivity index (χ1) is 14.0. The van der Waals surface area contributed by atoms with Crippen molar-refractivity contribution >= 4 is 61.1 Å². The third-order valence-electron chi connectivity index (χ3n) is 5.36. The Morgan fingerprint density at radius 2 is 2.07 bits per heavy atom. The topological polar surface area (TPSA) is 96.4 Å². The molecule has 1 fully saturated rings. The molecule has 2 aromatic heterocycles. The number of Topliss-reactive ketones (excluding diaryl/α,β-unsaturated/α-hetero) is 1. The highest BCUT2D eigenvalue weighted by molar-refractivity contribution is 7.91. The van der Waals surface area contributed by atoms with Gasteiger partial charge in [-0.3, -0.25) is 9.59 Å². The number of piperidine rings is 1. The van der Waals surface area contributed by atoms with Gasteiger partial charge in [0.05, 0.1) is 20.8 Å². The summed E-state index contributed by atoms with van der Waals surface area (Å²) >= 11 is 8.10. The van der Waals surface area contributed by atoms with E-state index in [-0.39, 0.29) is 27.9 Å².